The van der Waals surface area contributed by atoms with Gasteiger partial charge in [0.2, 0.25) is 5.88 Å². The van der Waals surface area contributed by atoms with E-state index in [0.717, 1.165) is 17.6 Å². The van der Waals surface area contributed by atoms with Gasteiger partial charge in [-0.3, -0.25) is 4.79 Å². The van der Waals surface area contributed by atoms with Crippen LogP contribution in [0, 0.1) is 0 Å². The number of nitrogens with zero attached hydrogens (tertiary/aromatic N) is 1. The molecular formula is C19H17F3N2O2. The van der Waals surface area contributed by atoms with Crippen LogP contribution in [-0.2, 0) is 13.2 Å². The number of halogens is 3. The van der Waals surface area contributed by atoms with Crippen molar-refractivity contribution in [3.05, 3.63) is 59.7 Å². The minimum absolute atomic E-state index is 0.0696. The maximum Gasteiger partial charge on any atom is 0.416 e. The number of hydrogen-bond donors (Lipinski definition) is 1. The van der Waals surface area contributed by atoms with Gasteiger partial charge >= 0.3 is 6.18 Å². The van der Waals surface area contributed by atoms with Crippen molar-refractivity contribution < 1.29 is 22.7 Å². The Hall–Kier alpha value is -2.96. The summed E-state index contributed by atoms with van der Waals surface area (Å²) in [6, 6.07) is 11.8. The van der Waals surface area contributed by atoms with Crippen LogP contribution in [0.3, 0.4) is 0 Å². The zero-order valence-electron chi connectivity index (χ0n) is 14.2. The summed E-state index contributed by atoms with van der Waals surface area (Å²) in [5, 5.41) is 3.21. The molecule has 3 rings (SSSR count). The molecule has 136 valence electrons. The molecule has 0 atom stereocenters. The van der Waals surface area contributed by atoms with Crippen molar-refractivity contribution >= 4 is 22.5 Å². The number of carbonyl (C=O) groups is 1. The fourth-order valence-electron chi connectivity index (χ4n) is 2.86. The number of fused-ring (bicyclic) bond motifs is 1. The van der Waals surface area contributed by atoms with E-state index in [2.05, 4.69) is 5.32 Å². The van der Waals surface area contributed by atoms with Crippen LogP contribution in [-0.4, -0.2) is 17.1 Å². The molecule has 1 heterocycles. The van der Waals surface area contributed by atoms with Crippen molar-refractivity contribution in [2.75, 3.05) is 11.9 Å². The molecule has 0 aliphatic rings. The molecule has 0 fully saturated rings. The molecule has 0 aliphatic heterocycles. The average Bonchev–Trinajstić information content (AvgIpc) is 2.88. The number of hydrogen-bond acceptors (Lipinski definition) is 2. The standard InChI is InChI=1S/C19H17F3N2O2/c1-3-26-18-16(14-9-4-5-10-15(14)24(18)2)17(25)23-13-8-6-7-12(11-13)19(20,21)22/h4-11H,3H2,1-2H3,(H,23,25). The Morgan fingerprint density at radius 2 is 1.88 bits per heavy atom. The topological polar surface area (TPSA) is 43.3 Å². The first kappa shape index (κ1) is 17.8. The number of carbonyl (C=O) groups excluding carboxylic acids is 1. The second kappa shape index (κ2) is 6.74. The predicted octanol–water partition coefficient (Wildman–Crippen LogP) is 4.85. The third-order valence-corrected chi connectivity index (χ3v) is 4.01. The summed E-state index contributed by atoms with van der Waals surface area (Å²) in [7, 11) is 1.77. The molecule has 3 aromatic rings. The highest BCUT2D eigenvalue weighted by atomic mass is 19.4. The van der Waals surface area contributed by atoms with Crippen molar-refractivity contribution in [2.24, 2.45) is 7.05 Å². The van der Waals surface area contributed by atoms with Crippen molar-refractivity contribution in [1.29, 1.82) is 0 Å². The molecule has 0 saturated heterocycles. The Kier molecular flexibility index (Phi) is 4.63. The SMILES string of the molecule is CCOc1c(C(=O)Nc2cccc(C(F)(F)F)c2)c2ccccc2n1C. The molecule has 0 saturated carbocycles. The summed E-state index contributed by atoms with van der Waals surface area (Å²) in [6.07, 6.45) is -4.48. The first-order valence-electron chi connectivity index (χ1n) is 8.01. The molecular weight excluding hydrogens is 345 g/mol. The molecule has 1 aromatic heterocycles. The van der Waals surface area contributed by atoms with Crippen molar-refractivity contribution in [2.45, 2.75) is 13.1 Å². The van der Waals surface area contributed by atoms with E-state index in [1.165, 1.54) is 12.1 Å². The number of ether oxygens (including phenoxy) is 1. The van der Waals surface area contributed by atoms with Gasteiger partial charge < -0.3 is 14.6 Å². The highest BCUT2D eigenvalue weighted by Crippen LogP contribution is 2.33. The number of benzene rings is 2. The molecule has 0 radical (unpaired) electrons. The van der Waals surface area contributed by atoms with Gasteiger partial charge in [0.25, 0.3) is 5.91 Å². The van der Waals surface area contributed by atoms with Crippen molar-refractivity contribution in [3.8, 4) is 5.88 Å². The highest BCUT2D eigenvalue weighted by Gasteiger charge is 2.30. The maximum absolute atomic E-state index is 12.9. The van der Waals surface area contributed by atoms with Gasteiger partial charge in [0.1, 0.15) is 5.56 Å². The van der Waals surface area contributed by atoms with Crippen LogP contribution in [0.5, 0.6) is 5.88 Å². The molecule has 7 heteroatoms. The lowest BCUT2D eigenvalue weighted by Gasteiger charge is -2.11. The Bertz CT molecular complexity index is 961. The normalized spacial score (nSPS) is 11.6. The van der Waals surface area contributed by atoms with Gasteiger partial charge in [-0.2, -0.15) is 13.2 Å². The molecule has 0 spiro atoms. The molecule has 0 bridgehead atoms. The third-order valence-electron chi connectivity index (χ3n) is 4.01. The van der Waals surface area contributed by atoms with E-state index >= 15 is 0 Å². The Morgan fingerprint density at radius 3 is 2.58 bits per heavy atom. The second-order valence-electron chi connectivity index (χ2n) is 5.72. The summed E-state index contributed by atoms with van der Waals surface area (Å²) in [5.41, 5.74) is 0.339. The number of rotatable bonds is 4. The lowest BCUT2D eigenvalue weighted by atomic mass is 10.1. The summed E-state index contributed by atoms with van der Waals surface area (Å²) in [6.45, 7) is 2.15. The van der Waals surface area contributed by atoms with Crippen molar-refractivity contribution in [1.82, 2.24) is 4.57 Å². The van der Waals surface area contributed by atoms with Crippen LogP contribution in [0.15, 0.2) is 48.5 Å². The van der Waals surface area contributed by atoms with Crippen LogP contribution >= 0.6 is 0 Å². The van der Waals surface area contributed by atoms with Crippen LogP contribution in [0.2, 0.25) is 0 Å². The fraction of sp³-hybridized carbons (Fsp3) is 0.211. The number of para-hydroxylation sites is 1. The minimum atomic E-state index is -4.48. The summed E-state index contributed by atoms with van der Waals surface area (Å²) >= 11 is 0. The quantitative estimate of drug-likeness (QED) is 0.721. The lowest BCUT2D eigenvalue weighted by Crippen LogP contribution is -2.14. The largest absolute Gasteiger partial charge is 0.479 e. The van der Waals surface area contributed by atoms with Crippen LogP contribution < -0.4 is 10.1 Å². The lowest BCUT2D eigenvalue weighted by molar-refractivity contribution is -0.137. The zero-order chi connectivity index (χ0) is 18.9. The van der Waals surface area contributed by atoms with Crippen LogP contribution in [0.1, 0.15) is 22.8 Å². The Morgan fingerprint density at radius 1 is 1.15 bits per heavy atom. The molecule has 0 aliphatic carbocycles. The third kappa shape index (κ3) is 3.24. The van der Waals surface area contributed by atoms with Crippen molar-refractivity contribution in [3.63, 3.8) is 0 Å². The van der Waals surface area contributed by atoms with E-state index in [9.17, 15) is 18.0 Å². The van der Waals surface area contributed by atoms with Gasteiger partial charge in [-0.25, -0.2) is 0 Å². The number of amides is 1. The average molecular weight is 362 g/mol. The number of anilines is 1. The zero-order valence-corrected chi connectivity index (χ0v) is 14.2. The van der Waals surface area contributed by atoms with Gasteiger partial charge in [-0.1, -0.05) is 24.3 Å². The molecule has 4 nitrogen and oxygen atoms in total. The maximum atomic E-state index is 12.9. The first-order chi connectivity index (χ1) is 12.3. The molecule has 1 N–H and O–H groups in total. The summed E-state index contributed by atoms with van der Waals surface area (Å²) < 4.78 is 46.0. The first-order valence-corrected chi connectivity index (χ1v) is 8.01. The van der Waals surface area contributed by atoms with Crippen LogP contribution in [0.25, 0.3) is 10.9 Å². The van der Waals surface area contributed by atoms with E-state index in [1.54, 1.807) is 30.7 Å². The van der Waals surface area contributed by atoms with E-state index < -0.39 is 17.6 Å². The Balaban J connectivity index is 2.02. The minimum Gasteiger partial charge on any atom is -0.479 e. The fourth-order valence-corrected chi connectivity index (χ4v) is 2.86. The van der Waals surface area contributed by atoms with Gasteiger partial charge in [-0.15, -0.1) is 0 Å². The highest BCUT2D eigenvalue weighted by molar-refractivity contribution is 6.15. The molecule has 2 aromatic carbocycles. The number of aromatic nitrogens is 1. The van der Waals surface area contributed by atoms with Gasteiger partial charge in [0, 0.05) is 18.1 Å². The smallest absolute Gasteiger partial charge is 0.416 e. The monoisotopic (exact) mass is 362 g/mol. The van der Waals surface area contributed by atoms with Gasteiger partial charge in [0.15, 0.2) is 0 Å². The van der Waals surface area contributed by atoms with E-state index in [4.69, 9.17) is 4.74 Å². The van der Waals surface area contributed by atoms with E-state index in [-0.39, 0.29) is 5.69 Å². The predicted molar refractivity (Wildman–Crippen MR) is 93.5 cm³/mol. The molecule has 0 unspecified atom stereocenters. The summed E-state index contributed by atoms with van der Waals surface area (Å²) in [5.74, 6) is -0.150. The number of aryl methyl sites for hydroxylation is 1. The number of nitrogens with one attached hydrogen (secondary N) is 1. The van der Waals surface area contributed by atoms with Gasteiger partial charge in [-0.05, 0) is 31.2 Å². The van der Waals surface area contributed by atoms with E-state index in [0.29, 0.717) is 23.4 Å². The summed E-state index contributed by atoms with van der Waals surface area (Å²) in [4.78, 5) is 12.8. The molecule has 1 amide bonds. The Labute approximate surface area is 148 Å². The number of alkyl halides is 3. The van der Waals surface area contributed by atoms with Crippen LogP contribution in [0.4, 0.5) is 18.9 Å². The van der Waals surface area contributed by atoms with E-state index in [1.807, 2.05) is 12.1 Å². The van der Waals surface area contributed by atoms with Gasteiger partial charge in [0.05, 0.1) is 17.7 Å². The molecule has 26 heavy (non-hydrogen) atoms. The second-order valence-corrected chi connectivity index (χ2v) is 5.72.